The number of carbonyl (C=O) groups is 1. The third kappa shape index (κ3) is 4.42. The molecule has 0 radical (unpaired) electrons. The number of amides is 1. The number of aromatic nitrogens is 7. The molecular formula is C28H24N8O. The lowest BCUT2D eigenvalue weighted by atomic mass is 10.1. The Labute approximate surface area is 212 Å². The Balaban J connectivity index is 1.37. The van der Waals surface area contributed by atoms with Crippen LogP contribution in [0.25, 0.3) is 55.7 Å². The lowest BCUT2D eigenvalue weighted by Gasteiger charge is -2.07. The van der Waals surface area contributed by atoms with Crippen LogP contribution in [0.1, 0.15) is 26.2 Å². The van der Waals surface area contributed by atoms with E-state index in [9.17, 15) is 4.79 Å². The number of carbonyl (C=O) groups excluding carboxylic acids is 1. The van der Waals surface area contributed by atoms with E-state index in [1.165, 1.54) is 0 Å². The Morgan fingerprint density at radius 2 is 1.84 bits per heavy atom. The molecule has 182 valence electrons. The van der Waals surface area contributed by atoms with Gasteiger partial charge >= 0.3 is 0 Å². The number of aromatic amines is 2. The number of hydrogen-bond acceptors (Lipinski definition) is 6. The molecule has 6 rings (SSSR count). The van der Waals surface area contributed by atoms with E-state index < -0.39 is 0 Å². The fourth-order valence-electron chi connectivity index (χ4n) is 4.39. The zero-order valence-electron chi connectivity index (χ0n) is 20.2. The minimum atomic E-state index is -0.0142. The van der Waals surface area contributed by atoms with Gasteiger partial charge in [0.25, 0.3) is 0 Å². The van der Waals surface area contributed by atoms with Gasteiger partial charge in [-0.1, -0.05) is 19.4 Å². The molecule has 0 unspecified atom stereocenters. The van der Waals surface area contributed by atoms with Crippen molar-refractivity contribution in [1.29, 1.82) is 0 Å². The minimum absolute atomic E-state index is 0.0142. The van der Waals surface area contributed by atoms with Gasteiger partial charge in [-0.25, -0.2) is 0 Å². The highest BCUT2D eigenvalue weighted by atomic mass is 16.1. The van der Waals surface area contributed by atoms with Crippen LogP contribution in [-0.4, -0.2) is 41.0 Å². The molecule has 0 bridgehead atoms. The van der Waals surface area contributed by atoms with Crippen molar-refractivity contribution in [2.24, 2.45) is 0 Å². The highest BCUT2D eigenvalue weighted by molar-refractivity contribution is 6.00. The van der Waals surface area contributed by atoms with Crippen LogP contribution in [0, 0.1) is 0 Å². The average molecular weight is 489 g/mol. The van der Waals surface area contributed by atoms with E-state index >= 15 is 0 Å². The second-order valence-corrected chi connectivity index (χ2v) is 8.85. The van der Waals surface area contributed by atoms with Crippen molar-refractivity contribution >= 4 is 33.4 Å². The molecule has 1 amide bonds. The lowest BCUT2D eigenvalue weighted by molar-refractivity contribution is -0.116. The van der Waals surface area contributed by atoms with Crippen LogP contribution in [0.3, 0.4) is 0 Å². The SMILES string of the molecule is CCCCC(=O)Nc1cncc(-c2cc3c(-c4cc5c(-c6ccccn6)cncc5[nH]4)n[nH]c3cn2)c1. The summed E-state index contributed by atoms with van der Waals surface area (Å²) >= 11 is 0. The van der Waals surface area contributed by atoms with E-state index in [0.717, 1.165) is 68.6 Å². The summed E-state index contributed by atoms with van der Waals surface area (Å²) < 4.78 is 0. The summed E-state index contributed by atoms with van der Waals surface area (Å²) in [6.45, 7) is 2.06. The van der Waals surface area contributed by atoms with E-state index in [1.54, 1.807) is 31.0 Å². The first-order chi connectivity index (χ1) is 18.2. The maximum Gasteiger partial charge on any atom is 0.224 e. The monoisotopic (exact) mass is 488 g/mol. The Hall–Kier alpha value is -4.92. The number of fused-ring (bicyclic) bond motifs is 2. The number of pyridine rings is 4. The van der Waals surface area contributed by atoms with Gasteiger partial charge in [0.05, 0.1) is 52.4 Å². The fourth-order valence-corrected chi connectivity index (χ4v) is 4.39. The van der Waals surface area contributed by atoms with Crippen molar-refractivity contribution in [1.82, 2.24) is 35.1 Å². The van der Waals surface area contributed by atoms with Crippen LogP contribution in [0.5, 0.6) is 0 Å². The van der Waals surface area contributed by atoms with Crippen LogP contribution in [0.2, 0.25) is 0 Å². The standard InChI is InChI=1S/C28H24N8O/c1-2-3-7-27(37)33-18-9-17(12-29-13-18)23-11-20-26(16-32-23)35-36-28(20)24-10-19-21(14-30-15-25(19)34-24)22-6-4-5-8-31-22/h4-6,8-16,34H,2-3,7H2,1H3,(H,33,37)(H,35,36). The third-order valence-corrected chi connectivity index (χ3v) is 6.26. The van der Waals surface area contributed by atoms with Gasteiger partial charge in [-0.15, -0.1) is 0 Å². The van der Waals surface area contributed by atoms with Crippen LogP contribution >= 0.6 is 0 Å². The molecule has 0 spiro atoms. The Kier molecular flexibility index (Phi) is 5.86. The van der Waals surface area contributed by atoms with E-state index in [0.29, 0.717) is 12.1 Å². The molecule has 0 aromatic carbocycles. The number of rotatable bonds is 7. The van der Waals surface area contributed by atoms with Crippen LogP contribution in [0.15, 0.2) is 73.6 Å². The maximum absolute atomic E-state index is 12.2. The number of nitrogens with one attached hydrogen (secondary N) is 3. The van der Waals surface area contributed by atoms with E-state index in [4.69, 9.17) is 0 Å². The Morgan fingerprint density at radius 1 is 0.919 bits per heavy atom. The van der Waals surface area contributed by atoms with E-state index in [1.807, 2.05) is 36.5 Å². The number of hydrogen-bond donors (Lipinski definition) is 3. The summed E-state index contributed by atoms with van der Waals surface area (Å²) in [5.41, 5.74) is 7.36. The van der Waals surface area contributed by atoms with Gasteiger partial charge in [0.2, 0.25) is 5.91 Å². The van der Waals surface area contributed by atoms with Crippen molar-refractivity contribution in [3.63, 3.8) is 0 Å². The molecule has 37 heavy (non-hydrogen) atoms. The van der Waals surface area contributed by atoms with Gasteiger partial charge in [0, 0.05) is 46.9 Å². The molecule has 0 fully saturated rings. The molecule has 0 saturated carbocycles. The Morgan fingerprint density at radius 3 is 2.70 bits per heavy atom. The highest BCUT2D eigenvalue weighted by Gasteiger charge is 2.16. The van der Waals surface area contributed by atoms with Crippen molar-refractivity contribution in [3.8, 4) is 33.9 Å². The van der Waals surface area contributed by atoms with Crippen molar-refractivity contribution in [2.75, 3.05) is 5.32 Å². The summed E-state index contributed by atoms with van der Waals surface area (Å²) in [4.78, 5) is 33.4. The maximum atomic E-state index is 12.2. The summed E-state index contributed by atoms with van der Waals surface area (Å²) in [6, 6.07) is 11.8. The van der Waals surface area contributed by atoms with Gasteiger partial charge in [0.1, 0.15) is 5.69 Å². The molecule has 0 atom stereocenters. The zero-order chi connectivity index (χ0) is 25.2. The number of H-pyrrole nitrogens is 2. The highest BCUT2D eigenvalue weighted by Crippen LogP contribution is 2.34. The van der Waals surface area contributed by atoms with E-state index in [-0.39, 0.29) is 5.91 Å². The van der Waals surface area contributed by atoms with Crippen molar-refractivity contribution in [3.05, 3.63) is 73.6 Å². The fraction of sp³-hybridized carbons (Fsp3) is 0.143. The van der Waals surface area contributed by atoms with Gasteiger partial charge in [-0.2, -0.15) is 5.10 Å². The van der Waals surface area contributed by atoms with Crippen molar-refractivity contribution < 1.29 is 4.79 Å². The molecular weight excluding hydrogens is 464 g/mol. The normalized spacial score (nSPS) is 11.3. The lowest BCUT2D eigenvalue weighted by Crippen LogP contribution is -2.11. The quantitative estimate of drug-likeness (QED) is 0.263. The average Bonchev–Trinajstić information content (AvgIpc) is 3.56. The second kappa shape index (κ2) is 9.62. The first kappa shape index (κ1) is 22.5. The molecule has 3 N–H and O–H groups in total. The molecule has 9 nitrogen and oxygen atoms in total. The predicted molar refractivity (Wildman–Crippen MR) is 144 cm³/mol. The summed E-state index contributed by atoms with van der Waals surface area (Å²) in [5.74, 6) is -0.0142. The smallest absolute Gasteiger partial charge is 0.224 e. The topological polar surface area (TPSA) is 125 Å². The van der Waals surface area contributed by atoms with E-state index in [2.05, 4.69) is 53.4 Å². The first-order valence-electron chi connectivity index (χ1n) is 12.2. The number of unbranched alkanes of at least 4 members (excludes halogenated alkanes) is 1. The molecule has 0 aliphatic rings. The minimum Gasteiger partial charge on any atom is -0.352 e. The van der Waals surface area contributed by atoms with Gasteiger partial charge in [-0.3, -0.25) is 29.8 Å². The van der Waals surface area contributed by atoms with Gasteiger partial charge < -0.3 is 10.3 Å². The van der Waals surface area contributed by atoms with Crippen LogP contribution in [-0.2, 0) is 4.79 Å². The summed E-state index contributed by atoms with van der Waals surface area (Å²) in [7, 11) is 0. The van der Waals surface area contributed by atoms with Gasteiger partial charge in [-0.05, 0) is 36.8 Å². The largest absolute Gasteiger partial charge is 0.352 e. The van der Waals surface area contributed by atoms with Gasteiger partial charge in [0.15, 0.2) is 0 Å². The molecule has 0 aliphatic heterocycles. The molecule has 9 heteroatoms. The number of nitrogens with zero attached hydrogens (tertiary/aromatic N) is 5. The molecule has 0 saturated heterocycles. The van der Waals surface area contributed by atoms with Crippen LogP contribution in [0.4, 0.5) is 5.69 Å². The summed E-state index contributed by atoms with van der Waals surface area (Å²) in [5, 5.41) is 12.5. The second-order valence-electron chi connectivity index (χ2n) is 8.85. The van der Waals surface area contributed by atoms with Crippen LogP contribution < -0.4 is 5.32 Å². The number of anilines is 1. The molecule has 6 aromatic heterocycles. The molecule has 0 aliphatic carbocycles. The summed E-state index contributed by atoms with van der Waals surface area (Å²) in [6.07, 6.45) is 12.9. The molecule has 6 heterocycles. The molecule has 6 aromatic rings. The van der Waals surface area contributed by atoms with Crippen molar-refractivity contribution in [2.45, 2.75) is 26.2 Å². The zero-order valence-corrected chi connectivity index (χ0v) is 20.2. The Bertz CT molecular complexity index is 1720. The first-order valence-corrected chi connectivity index (χ1v) is 12.2. The third-order valence-electron chi connectivity index (χ3n) is 6.26. The predicted octanol–water partition coefficient (Wildman–Crippen LogP) is 5.75.